The number of para-hydroxylation sites is 1. The second kappa shape index (κ2) is 14.1. The summed E-state index contributed by atoms with van der Waals surface area (Å²) in [7, 11) is 1.36. The second-order valence-corrected chi connectivity index (χ2v) is 9.51. The van der Waals surface area contributed by atoms with Gasteiger partial charge in [-0.05, 0) is 61.1 Å². The van der Waals surface area contributed by atoms with Gasteiger partial charge in [0.1, 0.15) is 5.75 Å². The number of fused-ring (bicyclic) bond motifs is 1. The summed E-state index contributed by atoms with van der Waals surface area (Å²) in [6.45, 7) is 1.95. The Balaban J connectivity index is 1.30. The first-order chi connectivity index (χ1) is 19.0. The first kappa shape index (κ1) is 27.8. The van der Waals surface area contributed by atoms with Gasteiger partial charge in [-0.25, -0.2) is 4.79 Å². The number of carboxylic acids is 1. The molecule has 0 saturated carbocycles. The standard InChI is InChI=1S/C31H36N2O6/c1-37-29(34)14-8-19-33-22-28(31(35)36)39-30-26(12-7-13-27(30)33)32-21-24-15-17-25(18-16-24)38-20-6-5-11-23-9-3-2-4-10-23/h2-4,7,9-10,12-13,15-18,28,32H,5-6,8,11,14,19-22H2,1H3,(H,35,36). The SMILES string of the molecule is COC(=O)CCCN1CC(C(=O)O)Oc2c(NCc3ccc(OCCCCc4ccccc4)cc3)cccc21. The summed E-state index contributed by atoms with van der Waals surface area (Å²) >= 11 is 0. The van der Waals surface area contributed by atoms with Gasteiger partial charge in [0.05, 0.1) is 31.6 Å². The van der Waals surface area contributed by atoms with E-state index < -0.39 is 12.1 Å². The Bertz CT molecular complexity index is 1220. The molecule has 1 heterocycles. The van der Waals surface area contributed by atoms with Crippen LogP contribution in [0.25, 0.3) is 0 Å². The van der Waals surface area contributed by atoms with Gasteiger partial charge in [0.25, 0.3) is 0 Å². The van der Waals surface area contributed by atoms with Crippen LogP contribution in [0.1, 0.15) is 36.8 Å². The van der Waals surface area contributed by atoms with Gasteiger partial charge in [0.15, 0.2) is 5.75 Å². The number of esters is 1. The molecule has 2 N–H and O–H groups in total. The van der Waals surface area contributed by atoms with E-state index >= 15 is 0 Å². The van der Waals surface area contributed by atoms with E-state index in [9.17, 15) is 14.7 Å². The second-order valence-electron chi connectivity index (χ2n) is 9.51. The van der Waals surface area contributed by atoms with Crippen LogP contribution < -0.4 is 19.7 Å². The molecule has 8 nitrogen and oxygen atoms in total. The van der Waals surface area contributed by atoms with Crippen LogP contribution in [0.15, 0.2) is 72.8 Å². The molecule has 3 aromatic carbocycles. The van der Waals surface area contributed by atoms with E-state index in [1.165, 1.54) is 12.7 Å². The number of carbonyl (C=O) groups is 2. The molecule has 0 radical (unpaired) electrons. The quantitative estimate of drug-likeness (QED) is 0.213. The highest BCUT2D eigenvalue weighted by molar-refractivity contribution is 5.80. The Morgan fingerprint density at radius 3 is 2.51 bits per heavy atom. The molecule has 0 fully saturated rings. The van der Waals surface area contributed by atoms with Crippen LogP contribution in [0.5, 0.6) is 11.5 Å². The molecule has 0 saturated heterocycles. The van der Waals surface area contributed by atoms with Gasteiger partial charge in [-0.2, -0.15) is 0 Å². The van der Waals surface area contributed by atoms with Crippen LogP contribution in [0.3, 0.4) is 0 Å². The number of anilines is 2. The maximum absolute atomic E-state index is 11.8. The first-order valence-corrected chi connectivity index (χ1v) is 13.4. The number of rotatable bonds is 14. The first-order valence-electron chi connectivity index (χ1n) is 13.4. The number of nitrogens with one attached hydrogen (secondary N) is 1. The minimum absolute atomic E-state index is 0.209. The number of hydrogen-bond donors (Lipinski definition) is 2. The summed E-state index contributed by atoms with van der Waals surface area (Å²) in [6.07, 6.45) is 2.96. The molecule has 4 rings (SSSR count). The number of aryl methyl sites for hydroxylation is 1. The van der Waals surface area contributed by atoms with E-state index in [2.05, 4.69) is 29.6 Å². The lowest BCUT2D eigenvalue weighted by Gasteiger charge is -2.35. The van der Waals surface area contributed by atoms with Crippen molar-refractivity contribution in [1.29, 1.82) is 0 Å². The van der Waals surface area contributed by atoms with Crippen LogP contribution >= 0.6 is 0 Å². The molecule has 0 amide bonds. The van der Waals surface area contributed by atoms with E-state index in [4.69, 9.17) is 14.2 Å². The molecule has 1 unspecified atom stereocenters. The number of nitrogens with zero attached hydrogens (tertiary/aromatic N) is 1. The predicted octanol–water partition coefficient (Wildman–Crippen LogP) is 5.31. The fraction of sp³-hybridized carbons (Fsp3) is 0.355. The van der Waals surface area contributed by atoms with Crippen molar-refractivity contribution in [2.45, 2.75) is 44.8 Å². The number of benzene rings is 3. The van der Waals surface area contributed by atoms with E-state index in [0.29, 0.717) is 31.9 Å². The molecule has 0 aromatic heterocycles. The summed E-state index contributed by atoms with van der Waals surface area (Å²) in [4.78, 5) is 25.3. The molecule has 8 heteroatoms. The maximum atomic E-state index is 11.8. The van der Waals surface area contributed by atoms with E-state index in [1.54, 1.807) is 0 Å². The van der Waals surface area contributed by atoms with Gasteiger partial charge >= 0.3 is 11.9 Å². The molecule has 1 atom stereocenters. The zero-order chi connectivity index (χ0) is 27.5. The summed E-state index contributed by atoms with van der Waals surface area (Å²) < 4.78 is 16.5. The van der Waals surface area contributed by atoms with Gasteiger partial charge < -0.3 is 29.5 Å². The molecule has 1 aliphatic heterocycles. The Morgan fingerprint density at radius 2 is 1.77 bits per heavy atom. The number of aliphatic carboxylic acids is 1. The molecular formula is C31H36N2O6. The number of carboxylic acid groups (broad SMARTS) is 1. The number of hydrogen-bond acceptors (Lipinski definition) is 7. The fourth-order valence-corrected chi connectivity index (χ4v) is 4.54. The number of carbonyl (C=O) groups excluding carboxylic acids is 1. The molecular weight excluding hydrogens is 496 g/mol. The summed E-state index contributed by atoms with van der Waals surface area (Å²) in [6, 6.07) is 24.1. The van der Waals surface area contributed by atoms with Crippen LogP contribution in [-0.2, 0) is 27.3 Å². The van der Waals surface area contributed by atoms with Crippen LogP contribution in [0.2, 0.25) is 0 Å². The van der Waals surface area contributed by atoms with Crippen LogP contribution in [-0.4, -0.2) is 50.0 Å². The Hall–Kier alpha value is -4.20. The zero-order valence-electron chi connectivity index (χ0n) is 22.3. The Labute approximate surface area is 229 Å². The smallest absolute Gasteiger partial charge is 0.346 e. The van der Waals surface area contributed by atoms with Crippen LogP contribution in [0, 0.1) is 0 Å². The monoisotopic (exact) mass is 532 g/mol. The lowest BCUT2D eigenvalue weighted by atomic mass is 10.1. The highest BCUT2D eigenvalue weighted by atomic mass is 16.5. The number of methoxy groups -OCH3 is 1. The lowest BCUT2D eigenvalue weighted by molar-refractivity contribution is -0.145. The third-order valence-corrected chi connectivity index (χ3v) is 6.67. The average Bonchev–Trinajstić information content (AvgIpc) is 2.96. The molecule has 1 aliphatic rings. The minimum Gasteiger partial charge on any atom is -0.494 e. The van der Waals surface area contributed by atoms with E-state index in [1.807, 2.05) is 53.4 Å². The van der Waals surface area contributed by atoms with Gasteiger partial charge in [-0.3, -0.25) is 4.79 Å². The van der Waals surface area contributed by atoms with Crippen molar-refractivity contribution in [1.82, 2.24) is 0 Å². The lowest BCUT2D eigenvalue weighted by Crippen LogP contribution is -2.45. The van der Waals surface area contributed by atoms with Gasteiger partial charge in [0.2, 0.25) is 6.10 Å². The summed E-state index contributed by atoms with van der Waals surface area (Å²) in [5.74, 6) is 0.0349. The summed E-state index contributed by atoms with van der Waals surface area (Å²) in [5, 5.41) is 13.0. The van der Waals surface area contributed by atoms with Gasteiger partial charge in [-0.1, -0.05) is 48.5 Å². The van der Waals surface area contributed by atoms with E-state index in [0.717, 1.165) is 42.0 Å². The minimum atomic E-state index is -1.02. The zero-order valence-corrected chi connectivity index (χ0v) is 22.3. The third kappa shape index (κ3) is 8.14. The van der Waals surface area contributed by atoms with Gasteiger partial charge in [0, 0.05) is 19.5 Å². The Morgan fingerprint density at radius 1 is 0.974 bits per heavy atom. The van der Waals surface area contributed by atoms with Crippen molar-refractivity contribution in [2.75, 3.05) is 37.0 Å². The topological polar surface area (TPSA) is 97.3 Å². The molecule has 0 spiro atoms. The predicted molar refractivity (Wildman–Crippen MR) is 151 cm³/mol. The molecule has 206 valence electrons. The molecule has 39 heavy (non-hydrogen) atoms. The number of ether oxygens (including phenoxy) is 3. The Kier molecular flexibility index (Phi) is 10.1. The van der Waals surface area contributed by atoms with Crippen molar-refractivity contribution in [3.05, 3.63) is 83.9 Å². The van der Waals surface area contributed by atoms with Crippen LogP contribution in [0.4, 0.5) is 11.4 Å². The molecule has 0 aliphatic carbocycles. The van der Waals surface area contributed by atoms with Crippen molar-refractivity contribution >= 4 is 23.3 Å². The maximum Gasteiger partial charge on any atom is 0.346 e. The fourth-order valence-electron chi connectivity index (χ4n) is 4.54. The van der Waals surface area contributed by atoms with Crippen molar-refractivity contribution in [3.8, 4) is 11.5 Å². The number of unbranched alkanes of at least 4 members (excludes halogenated alkanes) is 1. The summed E-state index contributed by atoms with van der Waals surface area (Å²) in [5.41, 5.74) is 3.93. The largest absolute Gasteiger partial charge is 0.494 e. The van der Waals surface area contributed by atoms with Gasteiger partial charge in [-0.15, -0.1) is 0 Å². The normalized spacial score (nSPS) is 14.2. The molecule has 0 bridgehead atoms. The third-order valence-electron chi connectivity index (χ3n) is 6.67. The van der Waals surface area contributed by atoms with Crippen molar-refractivity contribution in [3.63, 3.8) is 0 Å². The van der Waals surface area contributed by atoms with E-state index in [-0.39, 0.29) is 18.9 Å². The van der Waals surface area contributed by atoms with Crippen molar-refractivity contribution in [2.24, 2.45) is 0 Å². The highest BCUT2D eigenvalue weighted by Crippen LogP contribution is 2.40. The van der Waals surface area contributed by atoms with Crippen molar-refractivity contribution < 1.29 is 28.9 Å². The average molecular weight is 533 g/mol. The molecule has 3 aromatic rings. The highest BCUT2D eigenvalue weighted by Gasteiger charge is 2.32.